The van der Waals surface area contributed by atoms with Crippen LogP contribution < -0.4 is 10.6 Å². The molecule has 2 amide bonds. The van der Waals surface area contributed by atoms with Crippen molar-refractivity contribution in [2.75, 3.05) is 32.7 Å². The molecule has 0 aromatic rings. The van der Waals surface area contributed by atoms with Gasteiger partial charge in [0.05, 0.1) is 6.10 Å². The van der Waals surface area contributed by atoms with Gasteiger partial charge in [-0.3, -0.25) is 0 Å². The lowest BCUT2D eigenvalue weighted by molar-refractivity contribution is 0.188. The van der Waals surface area contributed by atoms with E-state index in [1.807, 2.05) is 0 Å². The van der Waals surface area contributed by atoms with E-state index in [2.05, 4.69) is 10.6 Å². The molecule has 1 rings (SSSR count). The van der Waals surface area contributed by atoms with Gasteiger partial charge in [-0.15, -0.1) is 0 Å². The highest BCUT2D eigenvalue weighted by molar-refractivity contribution is 5.76. The monoisotopic (exact) mass is 187 g/mol. The molecular formula is C8H17N3O2. The molecule has 3 N–H and O–H groups in total. The molecule has 1 fully saturated rings. The molecule has 5 nitrogen and oxygen atoms in total. The lowest BCUT2D eigenvalue weighted by Gasteiger charge is -2.14. The number of nitrogens with one attached hydrogen (secondary N) is 2. The van der Waals surface area contributed by atoms with E-state index in [-0.39, 0.29) is 12.1 Å². The number of hydrogen-bond donors (Lipinski definition) is 3. The van der Waals surface area contributed by atoms with Crippen LogP contribution in [-0.2, 0) is 0 Å². The van der Waals surface area contributed by atoms with E-state index in [1.165, 1.54) is 0 Å². The number of carbonyl (C=O) groups excluding carboxylic acids is 1. The number of urea groups is 1. The topological polar surface area (TPSA) is 64.6 Å². The predicted octanol–water partition coefficient (Wildman–Crippen LogP) is -1.02. The van der Waals surface area contributed by atoms with Gasteiger partial charge >= 0.3 is 6.03 Å². The maximum absolute atomic E-state index is 11.0. The maximum Gasteiger partial charge on any atom is 0.317 e. The minimum absolute atomic E-state index is 0.0128. The van der Waals surface area contributed by atoms with Gasteiger partial charge in [0.25, 0.3) is 0 Å². The number of amides is 2. The first-order valence-corrected chi connectivity index (χ1v) is 4.61. The molecule has 1 atom stereocenters. The molecule has 0 spiro atoms. The Morgan fingerprint density at radius 1 is 1.77 bits per heavy atom. The molecule has 5 heteroatoms. The number of carbonyl (C=O) groups is 1. The van der Waals surface area contributed by atoms with Gasteiger partial charge in [-0.05, 0) is 6.92 Å². The molecular weight excluding hydrogens is 170 g/mol. The maximum atomic E-state index is 11.0. The first kappa shape index (κ1) is 10.3. The molecule has 0 bridgehead atoms. The third-order valence-corrected chi connectivity index (χ3v) is 1.94. The summed E-state index contributed by atoms with van der Waals surface area (Å²) in [5.74, 6) is 0. The van der Waals surface area contributed by atoms with Crippen LogP contribution in [0.2, 0.25) is 0 Å². The lowest BCUT2D eigenvalue weighted by atomic mass is 10.4. The smallest absolute Gasteiger partial charge is 0.317 e. The Morgan fingerprint density at radius 2 is 2.54 bits per heavy atom. The van der Waals surface area contributed by atoms with Crippen molar-refractivity contribution in [2.24, 2.45) is 0 Å². The molecule has 1 unspecified atom stereocenters. The van der Waals surface area contributed by atoms with Crippen molar-refractivity contribution in [3.8, 4) is 0 Å². The van der Waals surface area contributed by atoms with Gasteiger partial charge in [0.2, 0.25) is 0 Å². The zero-order valence-electron chi connectivity index (χ0n) is 7.92. The Morgan fingerprint density at radius 3 is 3.08 bits per heavy atom. The number of hydrogen-bond acceptors (Lipinski definition) is 3. The SMILES string of the molecule is CC(O)CNCCN1CCNC1=O. The zero-order chi connectivity index (χ0) is 9.68. The fourth-order valence-corrected chi connectivity index (χ4v) is 1.25. The number of aliphatic hydroxyl groups excluding tert-OH is 1. The second-order valence-corrected chi connectivity index (χ2v) is 3.27. The molecule has 0 saturated carbocycles. The second kappa shape index (κ2) is 5.04. The Hall–Kier alpha value is -0.810. The number of rotatable bonds is 5. The largest absolute Gasteiger partial charge is 0.392 e. The summed E-state index contributed by atoms with van der Waals surface area (Å²) in [6.07, 6.45) is -0.326. The summed E-state index contributed by atoms with van der Waals surface area (Å²) in [6, 6.07) is 0.0128. The van der Waals surface area contributed by atoms with Crippen molar-refractivity contribution in [3.05, 3.63) is 0 Å². The van der Waals surface area contributed by atoms with E-state index in [1.54, 1.807) is 11.8 Å². The van der Waals surface area contributed by atoms with Crippen molar-refractivity contribution in [2.45, 2.75) is 13.0 Å². The van der Waals surface area contributed by atoms with Crippen LogP contribution in [0, 0.1) is 0 Å². The highest BCUT2D eigenvalue weighted by Gasteiger charge is 2.17. The molecule has 1 heterocycles. The van der Waals surface area contributed by atoms with Crippen molar-refractivity contribution < 1.29 is 9.90 Å². The molecule has 0 aromatic heterocycles. The minimum Gasteiger partial charge on any atom is -0.392 e. The Kier molecular flexibility index (Phi) is 3.98. The Bertz CT molecular complexity index is 173. The van der Waals surface area contributed by atoms with Gasteiger partial charge in [0.15, 0.2) is 0 Å². The fourth-order valence-electron chi connectivity index (χ4n) is 1.25. The molecule has 1 aliphatic heterocycles. The number of aliphatic hydroxyl groups is 1. The standard InChI is InChI=1S/C8H17N3O2/c1-7(12)6-9-2-4-11-5-3-10-8(11)13/h7,9,12H,2-6H2,1H3,(H,10,13). The third-order valence-electron chi connectivity index (χ3n) is 1.94. The van der Waals surface area contributed by atoms with Crippen LogP contribution in [-0.4, -0.2) is 54.9 Å². The lowest BCUT2D eigenvalue weighted by Crippen LogP contribution is -2.36. The average Bonchev–Trinajstić information content (AvgIpc) is 2.45. The van der Waals surface area contributed by atoms with Crippen molar-refractivity contribution in [1.82, 2.24) is 15.5 Å². The molecule has 1 saturated heterocycles. The van der Waals surface area contributed by atoms with E-state index in [0.717, 1.165) is 19.6 Å². The summed E-state index contributed by atoms with van der Waals surface area (Å²) in [5, 5.41) is 14.7. The Balaban J connectivity index is 2.02. The summed E-state index contributed by atoms with van der Waals surface area (Å²) in [5.41, 5.74) is 0. The molecule has 1 aliphatic rings. The first-order chi connectivity index (χ1) is 6.20. The van der Waals surface area contributed by atoms with E-state index in [0.29, 0.717) is 13.1 Å². The summed E-state index contributed by atoms with van der Waals surface area (Å²) >= 11 is 0. The van der Waals surface area contributed by atoms with Gasteiger partial charge in [-0.1, -0.05) is 0 Å². The summed E-state index contributed by atoms with van der Waals surface area (Å²) < 4.78 is 0. The van der Waals surface area contributed by atoms with E-state index in [4.69, 9.17) is 5.11 Å². The molecule has 0 radical (unpaired) electrons. The second-order valence-electron chi connectivity index (χ2n) is 3.27. The van der Waals surface area contributed by atoms with Gasteiger partial charge in [-0.2, -0.15) is 0 Å². The van der Waals surface area contributed by atoms with Gasteiger partial charge in [0, 0.05) is 32.7 Å². The van der Waals surface area contributed by atoms with Gasteiger partial charge in [0.1, 0.15) is 0 Å². The quantitative estimate of drug-likeness (QED) is 0.483. The molecule has 13 heavy (non-hydrogen) atoms. The normalized spacial score (nSPS) is 18.9. The minimum atomic E-state index is -0.326. The molecule has 76 valence electrons. The van der Waals surface area contributed by atoms with Crippen LogP contribution in [0.1, 0.15) is 6.92 Å². The average molecular weight is 187 g/mol. The van der Waals surface area contributed by atoms with Crippen LogP contribution in [0.3, 0.4) is 0 Å². The summed E-state index contributed by atoms with van der Waals surface area (Å²) in [7, 11) is 0. The third kappa shape index (κ3) is 3.61. The summed E-state index contributed by atoms with van der Waals surface area (Å²) in [6.45, 7) is 5.28. The van der Waals surface area contributed by atoms with Gasteiger partial charge in [-0.25, -0.2) is 4.79 Å². The predicted molar refractivity (Wildman–Crippen MR) is 49.5 cm³/mol. The summed E-state index contributed by atoms with van der Waals surface area (Å²) in [4.78, 5) is 12.8. The zero-order valence-corrected chi connectivity index (χ0v) is 7.92. The van der Waals surface area contributed by atoms with Crippen LogP contribution in [0.25, 0.3) is 0 Å². The fraction of sp³-hybridized carbons (Fsp3) is 0.875. The van der Waals surface area contributed by atoms with Crippen molar-refractivity contribution in [1.29, 1.82) is 0 Å². The van der Waals surface area contributed by atoms with Crippen molar-refractivity contribution >= 4 is 6.03 Å². The van der Waals surface area contributed by atoms with Crippen molar-refractivity contribution in [3.63, 3.8) is 0 Å². The molecule has 0 aliphatic carbocycles. The number of nitrogens with zero attached hydrogens (tertiary/aromatic N) is 1. The van der Waals surface area contributed by atoms with E-state index in [9.17, 15) is 4.79 Å². The Labute approximate surface area is 78.1 Å². The highest BCUT2D eigenvalue weighted by Crippen LogP contribution is 1.94. The van der Waals surface area contributed by atoms with Crippen LogP contribution in [0.15, 0.2) is 0 Å². The van der Waals surface area contributed by atoms with E-state index < -0.39 is 0 Å². The van der Waals surface area contributed by atoms with E-state index >= 15 is 0 Å². The molecule has 0 aromatic carbocycles. The van der Waals surface area contributed by atoms with Crippen LogP contribution in [0.4, 0.5) is 4.79 Å². The van der Waals surface area contributed by atoms with Crippen LogP contribution in [0.5, 0.6) is 0 Å². The van der Waals surface area contributed by atoms with Gasteiger partial charge < -0.3 is 20.6 Å². The van der Waals surface area contributed by atoms with Crippen LogP contribution >= 0.6 is 0 Å². The first-order valence-electron chi connectivity index (χ1n) is 4.61. The highest BCUT2D eigenvalue weighted by atomic mass is 16.3.